The smallest absolute Gasteiger partial charge is 0.311 e. The van der Waals surface area contributed by atoms with E-state index in [1.807, 2.05) is 24.3 Å². The molecule has 20 heavy (non-hydrogen) atoms. The minimum absolute atomic E-state index is 0.109. The highest BCUT2D eigenvalue weighted by atomic mass is 79.9. The van der Waals surface area contributed by atoms with E-state index in [4.69, 9.17) is 5.11 Å². The summed E-state index contributed by atoms with van der Waals surface area (Å²) in [4.78, 5) is 22.8. The van der Waals surface area contributed by atoms with Crippen molar-refractivity contribution in [3.05, 3.63) is 40.4 Å². The standard InChI is InChI=1S/C15H18BrNO3/c1-3-15(2,14(19)20)10-17-13(18)9-8-11-6-4-5-7-12(11)16/h4-9H,3,10H2,1-2H3,(H,17,18)(H,19,20)/b9-8+. The van der Waals surface area contributed by atoms with Gasteiger partial charge in [-0.05, 0) is 31.1 Å². The molecule has 1 rings (SSSR count). The summed E-state index contributed by atoms with van der Waals surface area (Å²) in [5.41, 5.74) is -0.0456. The van der Waals surface area contributed by atoms with Crippen LogP contribution in [0.4, 0.5) is 0 Å². The fraction of sp³-hybridized carbons (Fsp3) is 0.333. The molecule has 0 aliphatic rings. The Morgan fingerprint density at radius 2 is 2.05 bits per heavy atom. The van der Waals surface area contributed by atoms with Gasteiger partial charge >= 0.3 is 5.97 Å². The lowest BCUT2D eigenvalue weighted by Crippen LogP contribution is -2.40. The van der Waals surface area contributed by atoms with E-state index < -0.39 is 11.4 Å². The van der Waals surface area contributed by atoms with Crippen molar-refractivity contribution >= 4 is 33.9 Å². The van der Waals surface area contributed by atoms with Crippen LogP contribution in [0, 0.1) is 5.41 Å². The third-order valence-electron chi connectivity index (χ3n) is 3.27. The minimum atomic E-state index is -0.934. The second kappa shape index (κ2) is 7.24. The van der Waals surface area contributed by atoms with E-state index in [0.29, 0.717) is 6.42 Å². The minimum Gasteiger partial charge on any atom is -0.481 e. The summed E-state index contributed by atoms with van der Waals surface area (Å²) in [7, 11) is 0. The Morgan fingerprint density at radius 1 is 1.40 bits per heavy atom. The number of aliphatic carboxylic acids is 1. The van der Waals surface area contributed by atoms with Gasteiger partial charge in [0.2, 0.25) is 5.91 Å². The zero-order valence-corrected chi connectivity index (χ0v) is 13.1. The highest BCUT2D eigenvalue weighted by molar-refractivity contribution is 9.10. The molecular formula is C15H18BrNO3. The molecule has 1 aromatic carbocycles. The van der Waals surface area contributed by atoms with Crippen LogP contribution in [-0.4, -0.2) is 23.5 Å². The number of carbonyl (C=O) groups is 2. The highest BCUT2D eigenvalue weighted by Gasteiger charge is 2.31. The number of rotatable bonds is 6. The van der Waals surface area contributed by atoms with Crippen molar-refractivity contribution in [2.24, 2.45) is 5.41 Å². The molecule has 1 amide bonds. The third-order valence-corrected chi connectivity index (χ3v) is 3.99. The van der Waals surface area contributed by atoms with Crippen molar-refractivity contribution in [2.75, 3.05) is 6.54 Å². The van der Waals surface area contributed by atoms with E-state index in [1.54, 1.807) is 19.9 Å². The van der Waals surface area contributed by atoms with Crippen LogP contribution in [0.25, 0.3) is 6.08 Å². The molecule has 0 aromatic heterocycles. The molecule has 2 N–H and O–H groups in total. The maximum absolute atomic E-state index is 11.7. The number of halogens is 1. The molecule has 0 heterocycles. The fourth-order valence-electron chi connectivity index (χ4n) is 1.47. The zero-order chi connectivity index (χ0) is 15.2. The number of carbonyl (C=O) groups excluding carboxylic acids is 1. The summed E-state index contributed by atoms with van der Waals surface area (Å²) in [6, 6.07) is 7.53. The van der Waals surface area contributed by atoms with E-state index in [9.17, 15) is 9.59 Å². The summed E-state index contributed by atoms with van der Waals surface area (Å²) < 4.78 is 0.896. The lowest BCUT2D eigenvalue weighted by molar-refractivity contribution is -0.148. The molecule has 1 atom stereocenters. The van der Waals surface area contributed by atoms with E-state index in [2.05, 4.69) is 21.2 Å². The van der Waals surface area contributed by atoms with E-state index in [-0.39, 0.29) is 12.5 Å². The quantitative estimate of drug-likeness (QED) is 0.782. The Kier molecular flexibility index (Phi) is 5.95. The molecular weight excluding hydrogens is 322 g/mol. The Balaban J connectivity index is 2.61. The average molecular weight is 340 g/mol. The molecule has 5 heteroatoms. The van der Waals surface area contributed by atoms with Crippen LogP contribution in [0.2, 0.25) is 0 Å². The normalized spacial score (nSPS) is 13.9. The highest BCUT2D eigenvalue weighted by Crippen LogP contribution is 2.20. The zero-order valence-electron chi connectivity index (χ0n) is 11.5. The Hall–Kier alpha value is -1.62. The van der Waals surface area contributed by atoms with Crippen molar-refractivity contribution < 1.29 is 14.7 Å². The van der Waals surface area contributed by atoms with Gasteiger partial charge < -0.3 is 10.4 Å². The molecule has 0 bridgehead atoms. The van der Waals surface area contributed by atoms with Crippen LogP contribution in [0.3, 0.4) is 0 Å². The summed E-state index contributed by atoms with van der Waals surface area (Å²) in [5, 5.41) is 11.7. The van der Waals surface area contributed by atoms with Crippen LogP contribution < -0.4 is 5.32 Å². The van der Waals surface area contributed by atoms with Gasteiger partial charge in [0.25, 0.3) is 0 Å². The molecule has 108 valence electrons. The first kappa shape index (κ1) is 16.4. The predicted octanol–water partition coefficient (Wildman–Crippen LogP) is 3.08. The molecule has 0 fully saturated rings. The van der Waals surface area contributed by atoms with Crippen LogP contribution in [-0.2, 0) is 9.59 Å². The molecule has 0 saturated heterocycles. The van der Waals surface area contributed by atoms with Crippen molar-refractivity contribution in [1.82, 2.24) is 5.32 Å². The van der Waals surface area contributed by atoms with Gasteiger partial charge in [-0.3, -0.25) is 9.59 Å². The van der Waals surface area contributed by atoms with Gasteiger partial charge in [-0.1, -0.05) is 41.1 Å². The summed E-state index contributed by atoms with van der Waals surface area (Å²) in [6.07, 6.45) is 3.54. The molecule has 0 spiro atoms. The summed E-state index contributed by atoms with van der Waals surface area (Å²) >= 11 is 3.39. The molecule has 0 radical (unpaired) electrons. The van der Waals surface area contributed by atoms with Crippen LogP contribution in [0.15, 0.2) is 34.8 Å². The molecule has 0 aliphatic heterocycles. The van der Waals surface area contributed by atoms with Gasteiger partial charge in [0.15, 0.2) is 0 Å². The number of carboxylic acid groups (broad SMARTS) is 1. The van der Waals surface area contributed by atoms with Crippen LogP contribution in [0.1, 0.15) is 25.8 Å². The number of hydrogen-bond acceptors (Lipinski definition) is 2. The number of amides is 1. The van der Waals surface area contributed by atoms with Gasteiger partial charge in [0.05, 0.1) is 5.41 Å². The van der Waals surface area contributed by atoms with E-state index in [0.717, 1.165) is 10.0 Å². The number of carboxylic acids is 1. The van der Waals surface area contributed by atoms with E-state index in [1.165, 1.54) is 6.08 Å². The molecule has 1 unspecified atom stereocenters. The Labute approximate surface area is 127 Å². The lowest BCUT2D eigenvalue weighted by Gasteiger charge is -2.22. The SMILES string of the molecule is CCC(C)(CNC(=O)/C=C/c1ccccc1Br)C(=O)O. The molecule has 1 aromatic rings. The first-order valence-electron chi connectivity index (χ1n) is 6.33. The number of benzene rings is 1. The summed E-state index contributed by atoms with van der Waals surface area (Å²) in [5.74, 6) is -1.21. The van der Waals surface area contributed by atoms with Gasteiger partial charge in [0, 0.05) is 17.1 Å². The van der Waals surface area contributed by atoms with Gasteiger partial charge in [-0.15, -0.1) is 0 Å². The first-order valence-corrected chi connectivity index (χ1v) is 7.12. The third kappa shape index (κ3) is 4.49. The van der Waals surface area contributed by atoms with Crippen LogP contribution in [0.5, 0.6) is 0 Å². The summed E-state index contributed by atoms with van der Waals surface area (Å²) in [6.45, 7) is 3.52. The Bertz CT molecular complexity index is 528. The monoisotopic (exact) mass is 339 g/mol. The second-order valence-corrected chi connectivity index (χ2v) is 5.65. The number of nitrogens with one attached hydrogen (secondary N) is 1. The topological polar surface area (TPSA) is 66.4 Å². The molecule has 4 nitrogen and oxygen atoms in total. The first-order chi connectivity index (χ1) is 9.39. The maximum atomic E-state index is 11.7. The fourth-order valence-corrected chi connectivity index (χ4v) is 1.89. The largest absolute Gasteiger partial charge is 0.481 e. The lowest BCUT2D eigenvalue weighted by atomic mass is 9.88. The average Bonchev–Trinajstić information content (AvgIpc) is 2.43. The number of hydrogen-bond donors (Lipinski definition) is 2. The maximum Gasteiger partial charge on any atom is 0.311 e. The van der Waals surface area contributed by atoms with E-state index >= 15 is 0 Å². The molecule has 0 saturated carbocycles. The van der Waals surface area contributed by atoms with Gasteiger partial charge in [-0.25, -0.2) is 0 Å². The van der Waals surface area contributed by atoms with Gasteiger partial charge in [0.1, 0.15) is 0 Å². The van der Waals surface area contributed by atoms with Crippen molar-refractivity contribution in [3.8, 4) is 0 Å². The van der Waals surface area contributed by atoms with Gasteiger partial charge in [-0.2, -0.15) is 0 Å². The van der Waals surface area contributed by atoms with Crippen molar-refractivity contribution in [2.45, 2.75) is 20.3 Å². The Morgan fingerprint density at radius 3 is 2.60 bits per heavy atom. The van der Waals surface area contributed by atoms with Crippen LogP contribution >= 0.6 is 15.9 Å². The predicted molar refractivity (Wildman–Crippen MR) is 82.2 cm³/mol. The molecule has 0 aliphatic carbocycles. The van der Waals surface area contributed by atoms with Crippen molar-refractivity contribution in [3.63, 3.8) is 0 Å². The van der Waals surface area contributed by atoms with Crippen molar-refractivity contribution in [1.29, 1.82) is 0 Å². The second-order valence-electron chi connectivity index (χ2n) is 4.79.